The molecule has 0 amide bonds. The van der Waals surface area contributed by atoms with Crippen molar-refractivity contribution >= 4 is 11.8 Å². The third-order valence-corrected chi connectivity index (χ3v) is 3.92. The van der Waals surface area contributed by atoms with Crippen LogP contribution in [0.2, 0.25) is 0 Å². The van der Waals surface area contributed by atoms with Crippen LogP contribution >= 0.6 is 11.8 Å². The Morgan fingerprint density at radius 3 is 2.67 bits per heavy atom. The number of aromatic nitrogens is 2. The normalized spacial score (nSPS) is 10.6. The summed E-state index contributed by atoms with van der Waals surface area (Å²) in [4.78, 5) is 0. The number of halogens is 1. The number of thioether (sulfide) groups is 1. The Labute approximate surface area is 142 Å². The highest BCUT2D eigenvalue weighted by Crippen LogP contribution is 2.30. The lowest BCUT2D eigenvalue weighted by Gasteiger charge is -2.04. The molecule has 0 saturated carbocycles. The van der Waals surface area contributed by atoms with Gasteiger partial charge in [-0.3, -0.25) is 0 Å². The maximum atomic E-state index is 12.8. The molecule has 24 heavy (non-hydrogen) atoms. The molecule has 2 aromatic carbocycles. The summed E-state index contributed by atoms with van der Waals surface area (Å²) in [6.07, 6.45) is 0. The summed E-state index contributed by atoms with van der Waals surface area (Å²) < 4.78 is 29.2. The number of rotatable bonds is 7. The summed E-state index contributed by atoms with van der Waals surface area (Å²) in [6, 6.07) is 13.4. The van der Waals surface area contributed by atoms with Crippen LogP contribution < -0.4 is 9.47 Å². The number of ether oxygens (including phenoxy) is 2. The van der Waals surface area contributed by atoms with E-state index in [1.807, 2.05) is 24.3 Å². The second-order valence-corrected chi connectivity index (χ2v) is 5.77. The second kappa shape index (κ2) is 7.83. The van der Waals surface area contributed by atoms with Gasteiger partial charge in [0, 0.05) is 5.75 Å². The third kappa shape index (κ3) is 4.05. The van der Waals surface area contributed by atoms with Gasteiger partial charge in [0.2, 0.25) is 0 Å². The van der Waals surface area contributed by atoms with Gasteiger partial charge in [-0.1, -0.05) is 23.9 Å². The molecule has 7 heteroatoms. The van der Waals surface area contributed by atoms with Crippen LogP contribution in [0.4, 0.5) is 4.39 Å². The molecule has 1 aromatic heterocycles. The van der Waals surface area contributed by atoms with Gasteiger partial charge in [-0.15, -0.1) is 10.2 Å². The average molecular weight is 346 g/mol. The van der Waals surface area contributed by atoms with Crippen molar-refractivity contribution in [2.45, 2.75) is 5.22 Å². The number of hydrogen-bond donors (Lipinski definition) is 0. The van der Waals surface area contributed by atoms with Crippen molar-refractivity contribution in [2.24, 2.45) is 0 Å². The zero-order valence-corrected chi connectivity index (χ0v) is 13.8. The molecular formula is C17H15FN2O3S. The summed E-state index contributed by atoms with van der Waals surface area (Å²) in [7, 11) is 1.59. The molecule has 0 bridgehead atoms. The summed E-state index contributed by atoms with van der Waals surface area (Å²) >= 11 is 1.39. The zero-order chi connectivity index (χ0) is 16.8. The molecule has 1 heterocycles. The van der Waals surface area contributed by atoms with Gasteiger partial charge < -0.3 is 13.9 Å². The smallest absolute Gasteiger partial charge is 0.276 e. The van der Waals surface area contributed by atoms with Crippen LogP contribution in [0.1, 0.15) is 0 Å². The average Bonchev–Trinajstić information content (AvgIpc) is 3.09. The fourth-order valence-corrected chi connectivity index (χ4v) is 2.60. The van der Waals surface area contributed by atoms with Crippen molar-refractivity contribution in [3.63, 3.8) is 0 Å². The first kappa shape index (κ1) is 16.3. The van der Waals surface area contributed by atoms with Gasteiger partial charge in [-0.2, -0.15) is 0 Å². The molecule has 3 aromatic rings. The molecule has 0 saturated heterocycles. The van der Waals surface area contributed by atoms with E-state index >= 15 is 0 Å². The number of nitrogens with zero attached hydrogens (tertiary/aromatic N) is 2. The van der Waals surface area contributed by atoms with Crippen molar-refractivity contribution in [3.8, 4) is 23.0 Å². The fraction of sp³-hybridized carbons (Fsp3) is 0.176. The van der Waals surface area contributed by atoms with E-state index in [4.69, 9.17) is 13.9 Å². The summed E-state index contributed by atoms with van der Waals surface area (Å²) in [5, 5.41) is 8.51. The van der Waals surface area contributed by atoms with Gasteiger partial charge in [0.15, 0.2) is 0 Å². The van der Waals surface area contributed by atoms with E-state index in [-0.39, 0.29) is 5.82 Å². The first-order chi connectivity index (χ1) is 11.8. The van der Waals surface area contributed by atoms with E-state index in [0.29, 0.717) is 35.0 Å². The Hall–Kier alpha value is -2.54. The number of benzene rings is 2. The molecule has 0 fully saturated rings. The van der Waals surface area contributed by atoms with Crippen LogP contribution in [0.5, 0.6) is 11.5 Å². The van der Waals surface area contributed by atoms with Crippen molar-refractivity contribution in [3.05, 3.63) is 54.3 Å². The topological polar surface area (TPSA) is 57.4 Å². The quantitative estimate of drug-likeness (QED) is 0.475. The first-order valence-corrected chi connectivity index (χ1v) is 8.23. The van der Waals surface area contributed by atoms with Crippen LogP contribution in [-0.2, 0) is 0 Å². The maximum Gasteiger partial charge on any atom is 0.276 e. The van der Waals surface area contributed by atoms with E-state index < -0.39 is 0 Å². The SMILES string of the molecule is COc1ccccc1-c1nnc(SCCOc2ccc(F)cc2)o1. The van der Waals surface area contributed by atoms with Gasteiger partial charge >= 0.3 is 0 Å². The van der Waals surface area contributed by atoms with Crippen LogP contribution in [0.15, 0.2) is 58.2 Å². The molecule has 124 valence electrons. The van der Waals surface area contributed by atoms with E-state index in [1.54, 1.807) is 19.2 Å². The molecular weight excluding hydrogens is 331 g/mol. The third-order valence-electron chi connectivity index (χ3n) is 3.14. The van der Waals surface area contributed by atoms with Gasteiger partial charge in [0.05, 0.1) is 19.3 Å². The number of para-hydroxylation sites is 1. The Morgan fingerprint density at radius 1 is 1.08 bits per heavy atom. The van der Waals surface area contributed by atoms with Crippen LogP contribution in [0, 0.1) is 5.82 Å². The Kier molecular flexibility index (Phi) is 5.32. The molecule has 0 aliphatic carbocycles. The minimum Gasteiger partial charge on any atom is -0.496 e. The van der Waals surface area contributed by atoms with Crippen molar-refractivity contribution in [2.75, 3.05) is 19.5 Å². The molecule has 3 rings (SSSR count). The molecule has 0 aliphatic heterocycles. The van der Waals surface area contributed by atoms with Crippen molar-refractivity contribution < 1.29 is 18.3 Å². The van der Waals surface area contributed by atoms with E-state index in [2.05, 4.69) is 10.2 Å². The summed E-state index contributed by atoms with van der Waals surface area (Å²) in [5.74, 6) is 2.06. The minimum atomic E-state index is -0.286. The van der Waals surface area contributed by atoms with Crippen molar-refractivity contribution in [1.29, 1.82) is 0 Å². The van der Waals surface area contributed by atoms with Gasteiger partial charge in [-0.05, 0) is 36.4 Å². The maximum absolute atomic E-state index is 12.8. The fourth-order valence-electron chi connectivity index (χ4n) is 2.02. The van der Waals surface area contributed by atoms with Crippen molar-refractivity contribution in [1.82, 2.24) is 10.2 Å². The first-order valence-electron chi connectivity index (χ1n) is 7.24. The summed E-state index contributed by atoms with van der Waals surface area (Å²) in [6.45, 7) is 0.447. The largest absolute Gasteiger partial charge is 0.496 e. The Balaban J connectivity index is 1.54. The number of hydrogen-bond acceptors (Lipinski definition) is 6. The van der Waals surface area contributed by atoms with E-state index in [9.17, 15) is 4.39 Å². The zero-order valence-electron chi connectivity index (χ0n) is 12.9. The molecule has 5 nitrogen and oxygen atoms in total. The second-order valence-electron chi connectivity index (χ2n) is 4.72. The van der Waals surface area contributed by atoms with E-state index in [1.165, 1.54) is 23.9 Å². The monoisotopic (exact) mass is 346 g/mol. The lowest BCUT2D eigenvalue weighted by Crippen LogP contribution is -1.99. The lowest BCUT2D eigenvalue weighted by molar-refractivity contribution is 0.342. The lowest BCUT2D eigenvalue weighted by atomic mass is 10.2. The van der Waals surface area contributed by atoms with E-state index in [0.717, 1.165) is 5.56 Å². The number of methoxy groups -OCH3 is 1. The summed E-state index contributed by atoms with van der Waals surface area (Å²) in [5.41, 5.74) is 0.752. The Morgan fingerprint density at radius 2 is 1.88 bits per heavy atom. The van der Waals surface area contributed by atoms with Crippen LogP contribution in [-0.4, -0.2) is 29.7 Å². The molecule has 0 spiro atoms. The Bertz CT molecular complexity index is 793. The molecule has 0 aliphatic rings. The predicted molar refractivity (Wildman–Crippen MR) is 88.9 cm³/mol. The standard InChI is InChI=1S/C17H15FN2O3S/c1-21-15-5-3-2-4-14(15)16-19-20-17(23-16)24-11-10-22-13-8-6-12(18)7-9-13/h2-9H,10-11H2,1H3. The molecule has 0 N–H and O–H groups in total. The highest BCUT2D eigenvalue weighted by molar-refractivity contribution is 7.99. The van der Waals surface area contributed by atoms with Gasteiger partial charge in [0.25, 0.3) is 11.1 Å². The molecule has 0 unspecified atom stereocenters. The highest BCUT2D eigenvalue weighted by Gasteiger charge is 2.13. The highest BCUT2D eigenvalue weighted by atomic mass is 32.2. The molecule has 0 atom stereocenters. The van der Waals surface area contributed by atoms with Crippen LogP contribution in [0.25, 0.3) is 11.5 Å². The van der Waals surface area contributed by atoms with Gasteiger partial charge in [0.1, 0.15) is 17.3 Å². The van der Waals surface area contributed by atoms with Crippen LogP contribution in [0.3, 0.4) is 0 Å². The minimum absolute atomic E-state index is 0.286. The van der Waals surface area contributed by atoms with Gasteiger partial charge in [-0.25, -0.2) is 4.39 Å². The molecule has 0 radical (unpaired) electrons. The predicted octanol–water partition coefficient (Wildman–Crippen LogP) is 4.06.